The van der Waals surface area contributed by atoms with E-state index in [-0.39, 0.29) is 0 Å². The highest BCUT2D eigenvalue weighted by Gasteiger charge is 2.48. The summed E-state index contributed by atoms with van der Waals surface area (Å²) in [6.07, 6.45) is -10.7. The van der Waals surface area contributed by atoms with Crippen LogP contribution in [0.4, 0.5) is 26.3 Å². The van der Waals surface area contributed by atoms with Gasteiger partial charge in [0, 0.05) is 18.9 Å². The second-order valence-electron chi connectivity index (χ2n) is 12.7. The van der Waals surface area contributed by atoms with E-state index < -0.39 is 104 Å². The molecule has 0 aliphatic heterocycles. The molecule has 0 atom stereocenters. The van der Waals surface area contributed by atoms with Crippen LogP contribution >= 0.6 is 34.8 Å². The molecule has 0 N–H and O–H groups in total. The third-order valence-electron chi connectivity index (χ3n) is 8.65. The van der Waals surface area contributed by atoms with Crippen LogP contribution in [0.5, 0.6) is 0 Å². The van der Waals surface area contributed by atoms with Crippen molar-refractivity contribution >= 4 is 97.4 Å². The highest BCUT2D eigenvalue weighted by molar-refractivity contribution is 6.82. The topological polar surface area (TPSA) is 46.2 Å². The Morgan fingerprint density at radius 2 is 0.640 bits per heavy atom. The molecule has 0 bridgehead atoms. The Morgan fingerprint density at radius 3 is 0.840 bits per heavy atom. The molecule has 0 unspecified atom stereocenters. The molecule has 0 aromatic rings. The van der Waals surface area contributed by atoms with Gasteiger partial charge in [-0.3, -0.25) is 0 Å². The highest BCUT2D eigenvalue weighted by atomic mass is 35.6. The summed E-state index contributed by atoms with van der Waals surface area (Å²) in [4.78, 5) is 0. The zero-order valence-corrected chi connectivity index (χ0v) is 42.2. The Morgan fingerprint density at radius 1 is 0.400 bits per heavy atom. The fraction of sp³-hybridized carbons (Fsp3) is 1.00. The van der Waals surface area contributed by atoms with Crippen LogP contribution in [-0.4, -0.2) is 78.7 Å². The molecular formula is C29H67Cl3F6O5Si7. The van der Waals surface area contributed by atoms with Crippen LogP contribution in [0, 0.1) is 0 Å². The average molecular weight is 913 g/mol. The van der Waals surface area contributed by atoms with E-state index in [4.69, 9.17) is 55.4 Å². The number of halogens is 9. The molecule has 0 radical (unpaired) electrons. The molecule has 0 heterocycles. The summed E-state index contributed by atoms with van der Waals surface area (Å²) >= 11 is 18.2. The normalized spacial score (nSPS) is 13.7. The van der Waals surface area contributed by atoms with Gasteiger partial charge in [0.1, 0.15) is 0 Å². The molecule has 0 saturated heterocycles. The van der Waals surface area contributed by atoms with Crippen molar-refractivity contribution in [2.45, 2.75) is 183 Å². The Hall–Kier alpha value is 1.77. The first-order valence-corrected chi connectivity index (χ1v) is 34.5. The molecule has 0 aromatic heterocycles. The second-order valence-corrected chi connectivity index (χ2v) is 39.0. The summed E-state index contributed by atoms with van der Waals surface area (Å²) in [5.74, 6) is 0. The van der Waals surface area contributed by atoms with Gasteiger partial charge in [0.25, 0.3) is 0 Å². The van der Waals surface area contributed by atoms with Crippen LogP contribution in [0.1, 0.15) is 88.5 Å². The van der Waals surface area contributed by atoms with E-state index in [1.807, 2.05) is 27.7 Å². The third-order valence-corrected chi connectivity index (χ3v) is 35.6. The van der Waals surface area contributed by atoms with Gasteiger partial charge in [-0.1, -0.05) is 104 Å². The van der Waals surface area contributed by atoms with Crippen LogP contribution in [0.15, 0.2) is 0 Å². The summed E-state index contributed by atoms with van der Waals surface area (Å²) in [7, 11) is -14.0. The first-order chi connectivity index (χ1) is 23.1. The summed E-state index contributed by atoms with van der Waals surface area (Å²) < 4.78 is 108. The Bertz CT molecular complexity index is 765. The molecule has 0 rings (SSSR count). The van der Waals surface area contributed by atoms with Crippen molar-refractivity contribution in [3.63, 3.8) is 0 Å². The van der Waals surface area contributed by atoms with Crippen molar-refractivity contribution in [1.29, 1.82) is 0 Å². The number of alkyl halides is 9. The van der Waals surface area contributed by atoms with Crippen LogP contribution in [0.3, 0.4) is 0 Å². The summed E-state index contributed by atoms with van der Waals surface area (Å²) in [5, 5.41) is 0. The molecule has 5 nitrogen and oxygen atoms in total. The van der Waals surface area contributed by atoms with Gasteiger partial charge in [-0.05, 0) is 78.9 Å². The van der Waals surface area contributed by atoms with E-state index >= 15 is 0 Å². The monoisotopic (exact) mass is 910 g/mol. The SMILES string of the molecule is CC[SiH](CC)O[Si](CCC(Cl)(Cl)Cl)(O[SiH](CC)CC)O[SiH](CC)CC.CC[SiH](CC)O[Si](CCC(F)(F)F)(CCC(F)(F)F)O[SiH](CC)CC. The summed E-state index contributed by atoms with van der Waals surface area (Å²) in [5.41, 5.74) is 0. The molecule has 50 heavy (non-hydrogen) atoms. The minimum absolute atomic E-state index is 0.431. The molecule has 0 aromatic carbocycles. The van der Waals surface area contributed by atoms with Crippen LogP contribution < -0.4 is 0 Å². The van der Waals surface area contributed by atoms with Crippen molar-refractivity contribution in [1.82, 2.24) is 0 Å². The lowest BCUT2D eigenvalue weighted by atomic mass is 10.5. The predicted molar refractivity (Wildman–Crippen MR) is 218 cm³/mol. The molecule has 0 amide bonds. The van der Waals surface area contributed by atoms with Crippen molar-refractivity contribution in [2.24, 2.45) is 0 Å². The Kier molecular flexibility index (Phi) is 29.5. The predicted octanol–water partition coefficient (Wildman–Crippen LogP) is 11.9. The van der Waals surface area contributed by atoms with Gasteiger partial charge >= 0.3 is 29.7 Å². The zero-order chi connectivity index (χ0) is 39.2. The van der Waals surface area contributed by atoms with E-state index in [0.29, 0.717) is 36.6 Å². The maximum atomic E-state index is 12.8. The maximum Gasteiger partial charge on any atom is 0.469 e. The number of hydrogen-bond donors (Lipinski definition) is 0. The van der Waals surface area contributed by atoms with E-state index in [9.17, 15) is 26.3 Å². The molecule has 0 spiro atoms. The maximum absolute atomic E-state index is 12.8. The second kappa shape index (κ2) is 27.4. The first kappa shape index (κ1) is 53.9. The van der Waals surface area contributed by atoms with E-state index in [2.05, 4.69) is 41.5 Å². The largest absolute Gasteiger partial charge is 0.469 e. The lowest BCUT2D eigenvalue weighted by Gasteiger charge is -2.39. The summed E-state index contributed by atoms with van der Waals surface area (Å²) in [6, 6.07) is 8.98. The van der Waals surface area contributed by atoms with Crippen molar-refractivity contribution in [3.05, 3.63) is 0 Å². The highest BCUT2D eigenvalue weighted by Crippen LogP contribution is 2.37. The van der Waals surface area contributed by atoms with Crippen LogP contribution in [0.25, 0.3) is 0 Å². The van der Waals surface area contributed by atoms with Gasteiger partial charge in [-0.2, -0.15) is 26.3 Å². The third kappa shape index (κ3) is 25.8. The minimum Gasteiger partial charge on any atom is -0.439 e. The van der Waals surface area contributed by atoms with Gasteiger partial charge in [-0.15, -0.1) is 0 Å². The van der Waals surface area contributed by atoms with E-state index in [0.717, 1.165) is 36.3 Å². The fourth-order valence-electron chi connectivity index (χ4n) is 5.25. The van der Waals surface area contributed by atoms with Gasteiger partial charge in [0.15, 0.2) is 49.0 Å². The van der Waals surface area contributed by atoms with Gasteiger partial charge in [0.05, 0.1) is 0 Å². The van der Waals surface area contributed by atoms with Gasteiger partial charge in [-0.25, -0.2) is 0 Å². The zero-order valence-electron chi connectivity index (χ0n) is 32.1. The molecule has 0 fully saturated rings. The number of hydrogen-bond acceptors (Lipinski definition) is 5. The lowest BCUT2D eigenvalue weighted by Crippen LogP contribution is -2.55. The molecular weight excluding hydrogens is 845 g/mol. The van der Waals surface area contributed by atoms with Gasteiger partial charge in [0.2, 0.25) is 0 Å². The van der Waals surface area contributed by atoms with Gasteiger partial charge < -0.3 is 20.6 Å². The quantitative estimate of drug-likeness (QED) is 0.0492. The number of rotatable bonds is 26. The standard InChI is InChI=1S/C15H37Cl3O3Si4.C14H30F6O2Si3/c1-7-22(8-2)19-25(14-13-15(16,17)18,20-23(9-3)10-4)21-24(11-5)12-6;1-5-23(6-2)21-25(11-9-13(15,16)17,12-10-14(18,19)20)22-24(7-3)8-4/h22-24H,7-14H2,1-6H3;23-24H,5-12H2,1-4H3. The Balaban J connectivity index is 0. The molecule has 21 heteroatoms. The lowest BCUT2D eigenvalue weighted by molar-refractivity contribution is -0.133. The van der Waals surface area contributed by atoms with Crippen molar-refractivity contribution < 1.29 is 46.9 Å². The van der Waals surface area contributed by atoms with E-state index in [1.54, 1.807) is 0 Å². The van der Waals surface area contributed by atoms with E-state index in [1.165, 1.54) is 0 Å². The molecule has 0 aliphatic rings. The van der Waals surface area contributed by atoms with Crippen molar-refractivity contribution in [3.8, 4) is 0 Å². The minimum atomic E-state index is -4.42. The summed E-state index contributed by atoms with van der Waals surface area (Å²) in [6.45, 7) is 20.7. The molecule has 0 saturated carbocycles. The molecule has 304 valence electrons. The smallest absolute Gasteiger partial charge is 0.439 e. The Labute approximate surface area is 325 Å². The van der Waals surface area contributed by atoms with Crippen LogP contribution in [0.2, 0.25) is 78.6 Å². The molecule has 0 aliphatic carbocycles. The first-order valence-electron chi connectivity index (χ1n) is 18.7. The fourth-order valence-corrected chi connectivity index (χ4v) is 35.0. The average Bonchev–Trinajstić information content (AvgIpc) is 3.06. The van der Waals surface area contributed by atoms with Crippen LogP contribution in [-0.2, 0) is 20.6 Å². The van der Waals surface area contributed by atoms with Crippen molar-refractivity contribution in [2.75, 3.05) is 0 Å².